The first-order chi connectivity index (χ1) is 10.4. The SMILES string of the molecule is CNS(=O)(=O)c1ccc(Cl)c(C(=O)OCC2CCCCC2)c1. The van der Waals surface area contributed by atoms with E-state index in [1.54, 1.807) is 0 Å². The molecule has 0 bridgehead atoms. The van der Waals surface area contributed by atoms with Gasteiger partial charge in [-0.1, -0.05) is 30.9 Å². The Labute approximate surface area is 136 Å². The van der Waals surface area contributed by atoms with Crippen molar-refractivity contribution < 1.29 is 17.9 Å². The van der Waals surface area contributed by atoms with E-state index in [2.05, 4.69) is 4.72 Å². The lowest BCUT2D eigenvalue weighted by molar-refractivity contribution is 0.0410. The van der Waals surface area contributed by atoms with Gasteiger partial charge in [-0.15, -0.1) is 0 Å². The summed E-state index contributed by atoms with van der Waals surface area (Å²) < 4.78 is 31.1. The number of nitrogens with one attached hydrogen (secondary N) is 1. The van der Waals surface area contributed by atoms with Gasteiger partial charge in [0.25, 0.3) is 0 Å². The number of hydrogen-bond donors (Lipinski definition) is 1. The van der Waals surface area contributed by atoms with Crippen LogP contribution in [0.4, 0.5) is 0 Å². The van der Waals surface area contributed by atoms with Crippen LogP contribution in [-0.2, 0) is 14.8 Å². The Morgan fingerprint density at radius 3 is 2.64 bits per heavy atom. The monoisotopic (exact) mass is 345 g/mol. The predicted octanol–water partition coefficient (Wildman–Crippen LogP) is 2.99. The van der Waals surface area contributed by atoms with E-state index in [1.807, 2.05) is 0 Å². The molecular weight excluding hydrogens is 326 g/mol. The first kappa shape index (κ1) is 17.2. The maximum atomic E-state index is 12.2. The highest BCUT2D eigenvalue weighted by molar-refractivity contribution is 7.89. The third kappa shape index (κ3) is 4.21. The highest BCUT2D eigenvalue weighted by Crippen LogP contribution is 2.25. The van der Waals surface area contributed by atoms with Crippen LogP contribution in [0.15, 0.2) is 23.1 Å². The zero-order chi connectivity index (χ0) is 16.2. The van der Waals surface area contributed by atoms with Gasteiger partial charge in [0.05, 0.1) is 22.1 Å². The minimum absolute atomic E-state index is 0.0102. The maximum Gasteiger partial charge on any atom is 0.339 e. The molecule has 2 rings (SSSR count). The molecule has 5 nitrogen and oxygen atoms in total. The van der Waals surface area contributed by atoms with Crippen LogP contribution in [0.5, 0.6) is 0 Å². The standard InChI is InChI=1S/C15H20ClNO4S/c1-17-22(19,20)12-7-8-14(16)13(9-12)15(18)21-10-11-5-3-2-4-6-11/h7-9,11,17H,2-6,10H2,1H3. The van der Waals surface area contributed by atoms with Crippen LogP contribution in [0, 0.1) is 5.92 Å². The van der Waals surface area contributed by atoms with Crippen LogP contribution >= 0.6 is 11.6 Å². The van der Waals surface area contributed by atoms with E-state index in [-0.39, 0.29) is 15.5 Å². The molecule has 0 aliphatic heterocycles. The molecule has 0 spiro atoms. The van der Waals surface area contributed by atoms with Crippen molar-refractivity contribution in [2.75, 3.05) is 13.7 Å². The minimum Gasteiger partial charge on any atom is -0.462 e. The highest BCUT2D eigenvalue weighted by atomic mass is 35.5. The van der Waals surface area contributed by atoms with E-state index in [4.69, 9.17) is 16.3 Å². The van der Waals surface area contributed by atoms with E-state index in [0.717, 1.165) is 12.8 Å². The average Bonchev–Trinajstić information content (AvgIpc) is 2.53. The summed E-state index contributed by atoms with van der Waals surface area (Å²) in [5, 5.41) is 0.184. The summed E-state index contributed by atoms with van der Waals surface area (Å²) in [6, 6.07) is 3.99. The molecule has 0 radical (unpaired) electrons. The van der Waals surface area contributed by atoms with E-state index < -0.39 is 16.0 Å². The second kappa shape index (κ2) is 7.44. The van der Waals surface area contributed by atoms with Crippen molar-refractivity contribution in [2.45, 2.75) is 37.0 Å². The van der Waals surface area contributed by atoms with Crippen molar-refractivity contribution in [2.24, 2.45) is 5.92 Å². The van der Waals surface area contributed by atoms with Crippen LogP contribution in [-0.4, -0.2) is 28.0 Å². The van der Waals surface area contributed by atoms with Gasteiger partial charge in [0.15, 0.2) is 0 Å². The summed E-state index contributed by atoms with van der Waals surface area (Å²) >= 11 is 5.99. The van der Waals surface area contributed by atoms with Gasteiger partial charge in [0, 0.05) is 0 Å². The summed E-state index contributed by atoms with van der Waals surface area (Å²) in [7, 11) is -2.31. The molecule has 1 aliphatic rings. The van der Waals surface area contributed by atoms with Gasteiger partial charge in [-0.05, 0) is 44.0 Å². The zero-order valence-corrected chi connectivity index (χ0v) is 14.0. The smallest absolute Gasteiger partial charge is 0.339 e. The molecule has 22 heavy (non-hydrogen) atoms. The van der Waals surface area contributed by atoms with Gasteiger partial charge in [0.1, 0.15) is 0 Å². The molecule has 0 unspecified atom stereocenters. The van der Waals surface area contributed by atoms with E-state index >= 15 is 0 Å². The molecule has 0 aromatic heterocycles. The van der Waals surface area contributed by atoms with Crippen LogP contribution in [0.3, 0.4) is 0 Å². The van der Waals surface area contributed by atoms with Crippen molar-refractivity contribution in [3.8, 4) is 0 Å². The Bertz CT molecular complexity index is 639. The first-order valence-electron chi connectivity index (χ1n) is 7.34. The number of carbonyl (C=O) groups excluding carboxylic acids is 1. The third-order valence-corrected chi connectivity index (χ3v) is 5.65. The van der Waals surface area contributed by atoms with Crippen LogP contribution in [0.2, 0.25) is 5.02 Å². The average molecular weight is 346 g/mol. The molecule has 1 fully saturated rings. The number of rotatable bonds is 5. The van der Waals surface area contributed by atoms with Crippen LogP contribution in [0.25, 0.3) is 0 Å². The number of benzene rings is 1. The molecule has 1 aliphatic carbocycles. The first-order valence-corrected chi connectivity index (χ1v) is 9.20. The summed E-state index contributed by atoms with van der Waals surface area (Å²) in [4.78, 5) is 12.1. The Hall–Kier alpha value is -1.11. The lowest BCUT2D eigenvalue weighted by atomic mass is 9.90. The fourth-order valence-corrected chi connectivity index (χ4v) is 3.52. The highest BCUT2D eigenvalue weighted by Gasteiger charge is 2.20. The van der Waals surface area contributed by atoms with Gasteiger partial charge in [0.2, 0.25) is 10.0 Å². The van der Waals surface area contributed by atoms with Gasteiger partial charge in [-0.25, -0.2) is 17.9 Å². The second-order valence-electron chi connectivity index (χ2n) is 5.45. The summed E-state index contributed by atoms with van der Waals surface area (Å²) in [6.07, 6.45) is 5.70. The Kier molecular flexibility index (Phi) is 5.83. The van der Waals surface area contributed by atoms with Gasteiger partial charge in [-0.2, -0.15) is 0 Å². The normalized spacial score (nSPS) is 16.5. The molecule has 0 heterocycles. The number of halogens is 1. The number of sulfonamides is 1. The number of esters is 1. The Balaban J connectivity index is 2.09. The molecule has 0 saturated heterocycles. The fraction of sp³-hybridized carbons (Fsp3) is 0.533. The third-order valence-electron chi connectivity index (χ3n) is 3.91. The second-order valence-corrected chi connectivity index (χ2v) is 7.75. The van der Waals surface area contributed by atoms with Crippen molar-refractivity contribution >= 4 is 27.6 Å². The van der Waals surface area contributed by atoms with E-state index in [9.17, 15) is 13.2 Å². The molecule has 1 saturated carbocycles. The van der Waals surface area contributed by atoms with Crippen molar-refractivity contribution in [1.82, 2.24) is 4.72 Å². The Morgan fingerprint density at radius 1 is 1.32 bits per heavy atom. The topological polar surface area (TPSA) is 72.5 Å². The molecule has 0 atom stereocenters. The fourth-order valence-electron chi connectivity index (χ4n) is 2.57. The minimum atomic E-state index is -3.62. The largest absolute Gasteiger partial charge is 0.462 e. The zero-order valence-electron chi connectivity index (χ0n) is 12.5. The molecule has 122 valence electrons. The number of ether oxygens (including phenoxy) is 1. The number of carbonyl (C=O) groups is 1. The van der Waals surface area contributed by atoms with Crippen molar-refractivity contribution in [3.63, 3.8) is 0 Å². The van der Waals surface area contributed by atoms with Crippen LogP contribution in [0.1, 0.15) is 42.5 Å². The quantitative estimate of drug-likeness (QED) is 0.833. The van der Waals surface area contributed by atoms with Gasteiger partial charge < -0.3 is 4.74 Å². The summed E-state index contributed by atoms with van der Waals surface area (Å²) in [5.41, 5.74) is 0.0776. The Morgan fingerprint density at radius 2 is 2.00 bits per heavy atom. The van der Waals surface area contributed by atoms with Gasteiger partial charge >= 0.3 is 5.97 Å². The van der Waals surface area contributed by atoms with E-state index in [1.165, 1.54) is 44.5 Å². The summed E-state index contributed by atoms with van der Waals surface area (Å²) in [5.74, 6) is -0.190. The molecule has 1 aromatic carbocycles. The molecular formula is C15H20ClNO4S. The number of hydrogen-bond acceptors (Lipinski definition) is 4. The van der Waals surface area contributed by atoms with Crippen molar-refractivity contribution in [1.29, 1.82) is 0 Å². The van der Waals surface area contributed by atoms with Gasteiger partial charge in [-0.3, -0.25) is 0 Å². The lowest BCUT2D eigenvalue weighted by Gasteiger charge is -2.21. The van der Waals surface area contributed by atoms with E-state index in [0.29, 0.717) is 12.5 Å². The molecule has 7 heteroatoms. The predicted molar refractivity (Wildman–Crippen MR) is 84.6 cm³/mol. The van der Waals surface area contributed by atoms with Crippen LogP contribution < -0.4 is 4.72 Å². The summed E-state index contributed by atoms with van der Waals surface area (Å²) in [6.45, 7) is 0.359. The lowest BCUT2D eigenvalue weighted by Crippen LogP contribution is -2.20. The molecule has 1 aromatic rings. The molecule has 1 N–H and O–H groups in total. The molecule has 0 amide bonds. The van der Waals surface area contributed by atoms with Crippen molar-refractivity contribution in [3.05, 3.63) is 28.8 Å². The maximum absolute atomic E-state index is 12.2.